The second-order valence-corrected chi connectivity index (χ2v) is 13.7. The van der Waals surface area contributed by atoms with E-state index in [1.807, 2.05) is 24.3 Å². The van der Waals surface area contributed by atoms with Gasteiger partial charge in [0.05, 0.1) is 29.5 Å². The van der Waals surface area contributed by atoms with Gasteiger partial charge in [0, 0.05) is 48.4 Å². The number of carbonyl (C=O) groups excluding carboxylic acids is 1. The Labute approximate surface area is 238 Å². The number of nitrogens with zero attached hydrogens (tertiary/aromatic N) is 5. The normalized spacial score (nSPS) is 23.8. The smallest absolute Gasteiger partial charge is 0.238 e. The van der Waals surface area contributed by atoms with E-state index in [1.165, 1.54) is 4.68 Å². The van der Waals surface area contributed by atoms with Gasteiger partial charge in [-0.1, -0.05) is 25.0 Å². The van der Waals surface area contributed by atoms with Gasteiger partial charge in [0.25, 0.3) is 0 Å². The van der Waals surface area contributed by atoms with Gasteiger partial charge < -0.3 is 10.2 Å². The number of nitriles is 1. The van der Waals surface area contributed by atoms with Crippen LogP contribution in [0.15, 0.2) is 42.7 Å². The predicted octanol–water partition coefficient (Wildman–Crippen LogP) is 5.23. The SMILES string of the molecule is N#CC1(NC(=O)[C@@H]2CCCC[C@H]2c2nn(-c3cc(F)cnc3F)cc2-c2ccc(N3CCS(O)(O)CC3)cc2)CC1. The zero-order valence-corrected chi connectivity index (χ0v) is 23.3. The molecule has 0 unspecified atom stereocenters. The molecule has 0 radical (unpaired) electrons. The minimum Gasteiger partial charge on any atom is -0.368 e. The fourth-order valence-electron chi connectivity index (χ4n) is 5.91. The van der Waals surface area contributed by atoms with Gasteiger partial charge in [-0.2, -0.15) is 25.3 Å². The highest BCUT2D eigenvalue weighted by atomic mass is 32.3. The van der Waals surface area contributed by atoms with E-state index in [0.717, 1.165) is 36.4 Å². The summed E-state index contributed by atoms with van der Waals surface area (Å²) in [6.45, 7) is 1.08. The Morgan fingerprint density at radius 2 is 1.83 bits per heavy atom. The summed E-state index contributed by atoms with van der Waals surface area (Å²) in [6.07, 6.45) is 6.86. The van der Waals surface area contributed by atoms with E-state index in [0.29, 0.717) is 61.5 Å². The molecule has 6 rings (SSSR count). The summed E-state index contributed by atoms with van der Waals surface area (Å²) >= 11 is 0. The van der Waals surface area contributed by atoms with Crippen LogP contribution in [-0.4, -0.2) is 59.9 Å². The maximum Gasteiger partial charge on any atom is 0.238 e. The van der Waals surface area contributed by atoms with Gasteiger partial charge in [0.2, 0.25) is 11.9 Å². The van der Waals surface area contributed by atoms with E-state index >= 15 is 0 Å². The molecule has 1 amide bonds. The molecule has 2 aromatic heterocycles. The van der Waals surface area contributed by atoms with Gasteiger partial charge in [-0.15, -0.1) is 0 Å². The van der Waals surface area contributed by atoms with Crippen LogP contribution in [0.2, 0.25) is 0 Å². The molecule has 1 saturated heterocycles. The average molecular weight is 583 g/mol. The summed E-state index contributed by atoms with van der Waals surface area (Å²) in [5.41, 5.74) is 2.17. The molecule has 1 aliphatic heterocycles. The van der Waals surface area contributed by atoms with Crippen molar-refractivity contribution in [2.45, 2.75) is 50.0 Å². The third-order valence-electron chi connectivity index (χ3n) is 8.48. The topological polar surface area (TPSA) is 127 Å². The number of hydrogen-bond acceptors (Lipinski definition) is 7. The van der Waals surface area contributed by atoms with Crippen molar-refractivity contribution in [3.05, 3.63) is 60.2 Å². The number of carbonyl (C=O) groups is 1. The van der Waals surface area contributed by atoms with E-state index in [1.54, 1.807) is 6.20 Å². The number of hydrogen-bond donors (Lipinski definition) is 3. The molecule has 3 fully saturated rings. The van der Waals surface area contributed by atoms with Crippen molar-refractivity contribution in [3.63, 3.8) is 0 Å². The third-order valence-corrected chi connectivity index (χ3v) is 10.1. The van der Waals surface area contributed by atoms with E-state index in [9.17, 15) is 27.9 Å². The molecular weight excluding hydrogens is 550 g/mol. The Hall–Kier alpha value is -3.53. The molecule has 41 heavy (non-hydrogen) atoms. The van der Waals surface area contributed by atoms with Gasteiger partial charge in [0.15, 0.2) is 0 Å². The molecule has 3 heterocycles. The fraction of sp³-hybridized carbons (Fsp3) is 0.448. The van der Waals surface area contributed by atoms with Crippen molar-refractivity contribution in [3.8, 4) is 22.9 Å². The summed E-state index contributed by atoms with van der Waals surface area (Å²) < 4.78 is 50.0. The van der Waals surface area contributed by atoms with E-state index < -0.39 is 33.8 Å². The molecule has 9 nitrogen and oxygen atoms in total. The van der Waals surface area contributed by atoms with E-state index in [-0.39, 0.29) is 17.5 Å². The first-order valence-electron chi connectivity index (χ1n) is 13.9. The highest BCUT2D eigenvalue weighted by Crippen LogP contribution is 2.44. The first-order valence-corrected chi connectivity index (χ1v) is 15.8. The first-order chi connectivity index (χ1) is 19.7. The lowest BCUT2D eigenvalue weighted by atomic mass is 9.75. The number of halogens is 2. The van der Waals surface area contributed by atoms with Crippen LogP contribution in [0.1, 0.15) is 50.1 Å². The number of amides is 1. The van der Waals surface area contributed by atoms with Gasteiger partial charge in [-0.05, 0) is 43.4 Å². The minimum atomic E-state index is -2.51. The first kappa shape index (κ1) is 27.6. The Kier molecular flexibility index (Phi) is 7.21. The molecular formula is C29H32F2N6O3S. The zero-order chi connectivity index (χ0) is 28.8. The lowest BCUT2D eigenvalue weighted by Crippen LogP contribution is -2.42. The van der Waals surface area contributed by atoms with Crippen LogP contribution in [0.4, 0.5) is 14.5 Å². The van der Waals surface area contributed by atoms with Crippen molar-refractivity contribution in [1.29, 1.82) is 5.26 Å². The number of aromatic nitrogens is 3. The highest BCUT2D eigenvalue weighted by Gasteiger charge is 2.47. The van der Waals surface area contributed by atoms with Crippen LogP contribution in [0.3, 0.4) is 0 Å². The van der Waals surface area contributed by atoms with Crippen molar-refractivity contribution < 1.29 is 22.7 Å². The lowest BCUT2D eigenvalue weighted by Gasteiger charge is -2.41. The van der Waals surface area contributed by atoms with Gasteiger partial charge in [-0.3, -0.25) is 13.9 Å². The summed E-state index contributed by atoms with van der Waals surface area (Å²) in [4.78, 5) is 19.0. The molecule has 2 aliphatic carbocycles. The average Bonchev–Trinajstić information content (AvgIpc) is 3.61. The largest absolute Gasteiger partial charge is 0.368 e. The van der Waals surface area contributed by atoms with Gasteiger partial charge in [-0.25, -0.2) is 14.1 Å². The van der Waals surface area contributed by atoms with E-state index in [4.69, 9.17) is 5.10 Å². The lowest BCUT2D eigenvalue weighted by molar-refractivity contribution is -0.127. The van der Waals surface area contributed by atoms with Crippen molar-refractivity contribution >= 4 is 22.2 Å². The maximum absolute atomic E-state index is 14.7. The maximum atomic E-state index is 14.7. The third kappa shape index (κ3) is 5.66. The number of pyridine rings is 1. The molecule has 2 saturated carbocycles. The summed E-state index contributed by atoms with van der Waals surface area (Å²) in [7, 11) is -2.51. The quantitative estimate of drug-likeness (QED) is 0.340. The number of anilines is 1. The Morgan fingerprint density at radius 1 is 1.12 bits per heavy atom. The molecule has 1 aromatic carbocycles. The number of nitrogens with one attached hydrogen (secondary N) is 1. The van der Waals surface area contributed by atoms with Gasteiger partial charge in [0.1, 0.15) is 17.0 Å². The van der Waals surface area contributed by atoms with Crippen molar-refractivity contribution in [1.82, 2.24) is 20.1 Å². The molecule has 12 heteroatoms. The van der Waals surface area contributed by atoms with Crippen molar-refractivity contribution in [2.75, 3.05) is 29.5 Å². The Bertz CT molecular complexity index is 1490. The van der Waals surface area contributed by atoms with Gasteiger partial charge >= 0.3 is 0 Å². The molecule has 3 aliphatic rings. The monoisotopic (exact) mass is 582 g/mol. The van der Waals surface area contributed by atoms with Crippen LogP contribution in [-0.2, 0) is 4.79 Å². The van der Waals surface area contributed by atoms with Crippen LogP contribution in [0.5, 0.6) is 0 Å². The summed E-state index contributed by atoms with van der Waals surface area (Å²) in [5.74, 6) is -1.73. The highest BCUT2D eigenvalue weighted by molar-refractivity contribution is 8.24. The number of benzene rings is 1. The summed E-state index contributed by atoms with van der Waals surface area (Å²) in [6, 6.07) is 11.0. The molecule has 0 bridgehead atoms. The second kappa shape index (κ2) is 10.7. The van der Waals surface area contributed by atoms with Crippen LogP contribution in [0.25, 0.3) is 16.8 Å². The molecule has 3 N–H and O–H groups in total. The molecule has 2 atom stereocenters. The predicted molar refractivity (Wildman–Crippen MR) is 152 cm³/mol. The van der Waals surface area contributed by atoms with E-state index in [2.05, 4.69) is 21.3 Å². The Balaban J connectivity index is 1.36. The van der Waals surface area contributed by atoms with Crippen LogP contribution in [0, 0.1) is 29.0 Å². The Morgan fingerprint density at radius 3 is 2.51 bits per heavy atom. The van der Waals surface area contributed by atoms with Crippen molar-refractivity contribution in [2.24, 2.45) is 5.92 Å². The standard InChI is InChI=1S/C29H32F2N6O3S/c30-20-15-25(27(31)33-16-20)37-17-24(19-5-7-21(8-6-19)36-11-13-41(39,40)14-12-36)26(35-37)22-3-1-2-4-23(22)28(38)34-29(18-32)9-10-29/h5-8,15-17,22-23,39-40H,1-4,9-14H2,(H,34,38)/t22-,23-/m1/s1. The fourth-order valence-corrected chi connectivity index (χ4v) is 7.14. The summed E-state index contributed by atoms with van der Waals surface area (Å²) in [5, 5.41) is 17.2. The minimum absolute atomic E-state index is 0.125. The second-order valence-electron chi connectivity index (χ2n) is 11.3. The molecule has 216 valence electrons. The zero-order valence-electron chi connectivity index (χ0n) is 22.5. The van der Waals surface area contributed by atoms with Crippen LogP contribution >= 0.6 is 10.6 Å². The molecule has 0 spiro atoms. The number of rotatable bonds is 6. The molecule has 3 aromatic rings. The van der Waals surface area contributed by atoms with Crippen LogP contribution < -0.4 is 10.2 Å².